The summed E-state index contributed by atoms with van der Waals surface area (Å²) in [6, 6.07) is 0. The molecule has 0 bridgehead atoms. The summed E-state index contributed by atoms with van der Waals surface area (Å²) in [6.07, 6.45) is 6.08. The fourth-order valence-electron chi connectivity index (χ4n) is 2.84. The van der Waals surface area contributed by atoms with Gasteiger partial charge in [0.1, 0.15) is 5.82 Å². The van der Waals surface area contributed by atoms with Gasteiger partial charge in [0.05, 0.1) is 5.69 Å². The van der Waals surface area contributed by atoms with Crippen molar-refractivity contribution in [2.45, 2.75) is 32.4 Å². The van der Waals surface area contributed by atoms with Crippen LogP contribution < -0.4 is 0 Å². The van der Waals surface area contributed by atoms with Crippen LogP contribution in [0.5, 0.6) is 0 Å². The van der Waals surface area contributed by atoms with Crippen LogP contribution in [0.15, 0.2) is 6.20 Å². The summed E-state index contributed by atoms with van der Waals surface area (Å²) in [7, 11) is 4.24. The lowest BCUT2D eigenvalue weighted by atomic mass is 10.3. The largest absolute Gasteiger partial charge is 0.329 e. The van der Waals surface area contributed by atoms with Gasteiger partial charge in [-0.3, -0.25) is 0 Å². The summed E-state index contributed by atoms with van der Waals surface area (Å²) < 4.78 is 2.44. The van der Waals surface area contributed by atoms with Crippen molar-refractivity contribution in [2.24, 2.45) is 5.92 Å². The Bertz CT molecular complexity index is 406. The van der Waals surface area contributed by atoms with Gasteiger partial charge in [-0.15, -0.1) is 0 Å². The number of rotatable bonds is 4. The molecule has 0 unspecified atom stereocenters. The Labute approximate surface area is 110 Å². The molecule has 1 aliphatic carbocycles. The smallest absolute Gasteiger partial charge is 0.110 e. The zero-order valence-corrected chi connectivity index (χ0v) is 11.6. The summed E-state index contributed by atoms with van der Waals surface area (Å²) in [4.78, 5) is 9.46. The van der Waals surface area contributed by atoms with E-state index in [2.05, 4.69) is 39.6 Å². The van der Waals surface area contributed by atoms with E-state index in [1.165, 1.54) is 44.0 Å². The number of nitrogens with zero attached hydrogens (tertiary/aromatic N) is 4. The molecule has 4 heteroatoms. The zero-order valence-electron chi connectivity index (χ0n) is 11.6. The summed E-state index contributed by atoms with van der Waals surface area (Å²) >= 11 is 0. The first-order chi connectivity index (χ1) is 8.72. The van der Waals surface area contributed by atoms with Crippen molar-refractivity contribution in [2.75, 3.05) is 33.7 Å². The molecule has 4 nitrogen and oxygen atoms in total. The second kappa shape index (κ2) is 5.02. The second-order valence-corrected chi connectivity index (χ2v) is 6.05. The Morgan fingerprint density at radius 2 is 2.11 bits per heavy atom. The zero-order chi connectivity index (χ0) is 12.5. The third kappa shape index (κ3) is 2.75. The maximum atomic E-state index is 4.61. The maximum absolute atomic E-state index is 4.61. The minimum absolute atomic E-state index is 0.996. The first kappa shape index (κ1) is 12.2. The van der Waals surface area contributed by atoms with Crippen molar-refractivity contribution in [1.82, 2.24) is 19.4 Å². The molecule has 0 amide bonds. The molecule has 2 heterocycles. The molecule has 0 saturated heterocycles. The average Bonchev–Trinajstić information content (AvgIpc) is 3.09. The minimum atomic E-state index is 0.996. The van der Waals surface area contributed by atoms with E-state index in [1.807, 2.05) is 0 Å². The molecule has 1 aromatic heterocycles. The van der Waals surface area contributed by atoms with Crippen LogP contribution >= 0.6 is 0 Å². The Balaban J connectivity index is 1.66. The van der Waals surface area contributed by atoms with Gasteiger partial charge in [-0.1, -0.05) is 0 Å². The third-order valence-corrected chi connectivity index (χ3v) is 4.00. The van der Waals surface area contributed by atoms with Gasteiger partial charge < -0.3 is 14.4 Å². The van der Waals surface area contributed by atoms with Gasteiger partial charge in [-0.2, -0.15) is 0 Å². The monoisotopic (exact) mass is 248 g/mol. The minimum Gasteiger partial charge on any atom is -0.329 e. The molecule has 1 aromatic rings. The van der Waals surface area contributed by atoms with Gasteiger partial charge in [-0.25, -0.2) is 4.98 Å². The summed E-state index contributed by atoms with van der Waals surface area (Å²) in [6.45, 7) is 5.81. The number of aromatic nitrogens is 2. The lowest BCUT2D eigenvalue weighted by Gasteiger charge is -2.19. The van der Waals surface area contributed by atoms with E-state index in [4.69, 9.17) is 0 Å². The quantitative estimate of drug-likeness (QED) is 0.800. The first-order valence-electron chi connectivity index (χ1n) is 7.13. The molecule has 0 atom stereocenters. The number of imidazole rings is 1. The molecule has 1 aliphatic heterocycles. The van der Waals surface area contributed by atoms with Crippen molar-refractivity contribution in [1.29, 1.82) is 0 Å². The van der Waals surface area contributed by atoms with Crippen LogP contribution in [0.1, 0.15) is 24.4 Å². The molecule has 3 rings (SSSR count). The van der Waals surface area contributed by atoms with E-state index < -0.39 is 0 Å². The SMILES string of the molecule is CN(C)Cc1cnc2n1CCN(CC1CC1)CC2. The van der Waals surface area contributed by atoms with E-state index in [9.17, 15) is 0 Å². The molecule has 1 saturated carbocycles. The van der Waals surface area contributed by atoms with Crippen LogP contribution in [0.4, 0.5) is 0 Å². The predicted molar refractivity (Wildman–Crippen MR) is 72.5 cm³/mol. The van der Waals surface area contributed by atoms with Crippen molar-refractivity contribution < 1.29 is 0 Å². The normalized spacial score (nSPS) is 21.1. The molecule has 100 valence electrons. The second-order valence-electron chi connectivity index (χ2n) is 6.05. The van der Waals surface area contributed by atoms with E-state index in [0.29, 0.717) is 0 Å². The van der Waals surface area contributed by atoms with Crippen LogP contribution in [-0.2, 0) is 19.5 Å². The van der Waals surface area contributed by atoms with E-state index in [-0.39, 0.29) is 0 Å². The van der Waals surface area contributed by atoms with Crippen molar-refractivity contribution in [3.8, 4) is 0 Å². The topological polar surface area (TPSA) is 24.3 Å². The lowest BCUT2D eigenvalue weighted by molar-refractivity contribution is 0.267. The molecular weight excluding hydrogens is 224 g/mol. The molecule has 1 fully saturated rings. The first-order valence-corrected chi connectivity index (χ1v) is 7.13. The predicted octanol–water partition coefficient (Wildman–Crippen LogP) is 1.21. The number of fused-ring (bicyclic) bond motifs is 1. The van der Waals surface area contributed by atoms with Crippen LogP contribution in [0.25, 0.3) is 0 Å². The fourth-order valence-corrected chi connectivity index (χ4v) is 2.84. The van der Waals surface area contributed by atoms with Gasteiger partial charge in [0.15, 0.2) is 0 Å². The highest BCUT2D eigenvalue weighted by Gasteiger charge is 2.25. The van der Waals surface area contributed by atoms with Gasteiger partial charge in [0, 0.05) is 45.3 Å². The lowest BCUT2D eigenvalue weighted by Crippen LogP contribution is -2.29. The highest BCUT2D eigenvalue weighted by atomic mass is 15.2. The van der Waals surface area contributed by atoms with Gasteiger partial charge in [0.25, 0.3) is 0 Å². The molecular formula is C14H24N4. The average molecular weight is 248 g/mol. The summed E-state index contributed by atoms with van der Waals surface area (Å²) in [5.41, 5.74) is 1.36. The van der Waals surface area contributed by atoms with Crippen LogP contribution in [0.3, 0.4) is 0 Å². The molecule has 2 aliphatic rings. The highest BCUT2D eigenvalue weighted by Crippen LogP contribution is 2.30. The number of hydrogen-bond acceptors (Lipinski definition) is 3. The highest BCUT2D eigenvalue weighted by molar-refractivity contribution is 5.07. The molecule has 18 heavy (non-hydrogen) atoms. The van der Waals surface area contributed by atoms with Gasteiger partial charge >= 0.3 is 0 Å². The third-order valence-electron chi connectivity index (χ3n) is 4.00. The summed E-state index contributed by atoms with van der Waals surface area (Å²) in [5, 5.41) is 0. The van der Waals surface area contributed by atoms with Crippen molar-refractivity contribution in [3.63, 3.8) is 0 Å². The number of hydrogen-bond donors (Lipinski definition) is 0. The Hall–Kier alpha value is -0.870. The summed E-state index contributed by atoms with van der Waals surface area (Å²) in [5.74, 6) is 2.28. The van der Waals surface area contributed by atoms with Crippen LogP contribution in [0, 0.1) is 5.92 Å². The standard InChI is InChI=1S/C14H24N4/c1-16(2)11-13-9-15-14-5-6-17(7-8-18(13)14)10-12-3-4-12/h9,12H,3-8,10-11H2,1-2H3. The Kier molecular flexibility index (Phi) is 3.39. The van der Waals surface area contributed by atoms with Crippen LogP contribution in [0.2, 0.25) is 0 Å². The van der Waals surface area contributed by atoms with E-state index in [1.54, 1.807) is 0 Å². The van der Waals surface area contributed by atoms with E-state index >= 15 is 0 Å². The van der Waals surface area contributed by atoms with Gasteiger partial charge in [0.2, 0.25) is 0 Å². The van der Waals surface area contributed by atoms with Crippen LogP contribution in [-0.4, -0.2) is 53.1 Å². The van der Waals surface area contributed by atoms with Crippen molar-refractivity contribution in [3.05, 3.63) is 17.7 Å². The maximum Gasteiger partial charge on any atom is 0.110 e. The fraction of sp³-hybridized carbons (Fsp3) is 0.786. The molecule has 0 N–H and O–H groups in total. The Morgan fingerprint density at radius 1 is 1.28 bits per heavy atom. The Morgan fingerprint density at radius 3 is 2.83 bits per heavy atom. The van der Waals surface area contributed by atoms with E-state index in [0.717, 1.165) is 25.4 Å². The van der Waals surface area contributed by atoms with Crippen molar-refractivity contribution >= 4 is 0 Å². The van der Waals surface area contributed by atoms with Gasteiger partial charge in [-0.05, 0) is 32.9 Å². The molecule has 0 radical (unpaired) electrons. The molecule has 0 spiro atoms. The molecule has 0 aromatic carbocycles.